The average molecular weight is 451 g/mol. The van der Waals surface area contributed by atoms with Crippen molar-refractivity contribution in [2.45, 2.75) is 70.4 Å². The number of nitrogens with one attached hydrogen (secondary N) is 1. The van der Waals surface area contributed by atoms with E-state index in [1.807, 2.05) is 27.7 Å². The second kappa shape index (κ2) is 7.69. The molecule has 2 fully saturated rings. The van der Waals surface area contributed by atoms with Crippen molar-refractivity contribution in [1.29, 1.82) is 0 Å². The topological polar surface area (TPSA) is 97.7 Å². The van der Waals surface area contributed by atoms with Crippen LogP contribution in [0.5, 0.6) is 0 Å². The van der Waals surface area contributed by atoms with Gasteiger partial charge in [-0.3, -0.25) is 19.1 Å². The predicted octanol–water partition coefficient (Wildman–Crippen LogP) is 3.90. The van der Waals surface area contributed by atoms with Gasteiger partial charge in [-0.25, -0.2) is 14.8 Å². The number of aryl methyl sites for hydroxylation is 2. The third kappa shape index (κ3) is 3.60. The maximum atomic E-state index is 13.3. The number of aromatic amines is 1. The molecule has 3 aromatic rings. The summed E-state index contributed by atoms with van der Waals surface area (Å²) in [6.07, 6.45) is 3.81. The zero-order valence-electron chi connectivity index (χ0n) is 18.7. The highest BCUT2D eigenvalue weighted by Crippen LogP contribution is 2.41. The fraction of sp³-hybridized carbons (Fsp3) is 0.458. The molecule has 2 heterocycles. The lowest BCUT2D eigenvalue weighted by atomic mass is 9.92. The lowest BCUT2D eigenvalue weighted by Gasteiger charge is -2.15. The van der Waals surface area contributed by atoms with Crippen molar-refractivity contribution in [3.05, 3.63) is 60.5 Å². The van der Waals surface area contributed by atoms with Gasteiger partial charge in [0.25, 0.3) is 5.56 Å². The number of ketones is 1. The van der Waals surface area contributed by atoms with Crippen molar-refractivity contribution in [1.82, 2.24) is 19.5 Å². The minimum Gasteiger partial charge on any atom is -0.293 e. The summed E-state index contributed by atoms with van der Waals surface area (Å²) in [5.74, 6) is 1.12. The van der Waals surface area contributed by atoms with E-state index in [-0.39, 0.29) is 23.5 Å². The molecule has 0 saturated heterocycles. The van der Waals surface area contributed by atoms with E-state index in [1.165, 1.54) is 11.8 Å². The molecule has 2 saturated carbocycles. The molecule has 32 heavy (non-hydrogen) atoms. The quantitative estimate of drug-likeness (QED) is 0.347. The normalized spacial score (nSPS) is 16.0. The summed E-state index contributed by atoms with van der Waals surface area (Å²) in [6, 6.07) is 2.18. The lowest BCUT2D eigenvalue weighted by molar-refractivity contribution is 0.102. The third-order valence-electron chi connectivity index (χ3n) is 6.61. The van der Waals surface area contributed by atoms with Gasteiger partial charge in [0, 0.05) is 17.5 Å². The van der Waals surface area contributed by atoms with Crippen molar-refractivity contribution < 1.29 is 4.79 Å². The minimum absolute atomic E-state index is 0.0171. The van der Waals surface area contributed by atoms with Gasteiger partial charge < -0.3 is 0 Å². The van der Waals surface area contributed by atoms with Gasteiger partial charge >= 0.3 is 5.69 Å². The summed E-state index contributed by atoms with van der Waals surface area (Å²) in [5.41, 5.74) is 4.42. The number of aromatic nitrogens is 4. The van der Waals surface area contributed by atoms with E-state index in [0.717, 1.165) is 53.5 Å². The van der Waals surface area contributed by atoms with Crippen molar-refractivity contribution in [2.75, 3.05) is 5.75 Å². The molecule has 2 aromatic heterocycles. The number of thioether (sulfide) groups is 1. The SMILES string of the molecule is Cc1cc(C)c(C)c(C(=O)CSc2nc(C3CC3)nc3c2c(=O)[nH]c(=O)n3C2CC2)c1C. The minimum atomic E-state index is -0.488. The first kappa shape index (κ1) is 21.1. The number of rotatable bonds is 6. The van der Waals surface area contributed by atoms with Gasteiger partial charge in [-0.2, -0.15) is 0 Å². The molecule has 0 amide bonds. The fourth-order valence-electron chi connectivity index (χ4n) is 4.28. The number of Topliss-reactive ketones (excluding diaryl/α,β-unsaturated/α-hetero) is 1. The van der Waals surface area contributed by atoms with Crippen LogP contribution in [-0.2, 0) is 0 Å². The molecular weight excluding hydrogens is 424 g/mol. The monoisotopic (exact) mass is 450 g/mol. The maximum absolute atomic E-state index is 13.3. The van der Waals surface area contributed by atoms with E-state index in [9.17, 15) is 14.4 Å². The van der Waals surface area contributed by atoms with Crippen LogP contribution in [0.2, 0.25) is 0 Å². The maximum Gasteiger partial charge on any atom is 0.330 e. The highest BCUT2D eigenvalue weighted by atomic mass is 32.2. The van der Waals surface area contributed by atoms with Crippen LogP contribution in [-0.4, -0.2) is 31.1 Å². The molecular formula is C24H26N4O3S. The zero-order chi connectivity index (χ0) is 22.7. The van der Waals surface area contributed by atoms with Gasteiger partial charge in [0.1, 0.15) is 16.2 Å². The zero-order valence-corrected chi connectivity index (χ0v) is 19.6. The fourth-order valence-corrected chi connectivity index (χ4v) is 5.17. The second-order valence-electron chi connectivity index (χ2n) is 9.07. The Bertz CT molecular complexity index is 1370. The first-order chi connectivity index (χ1) is 15.3. The summed E-state index contributed by atoms with van der Waals surface area (Å²) < 4.78 is 1.61. The van der Waals surface area contributed by atoms with E-state index in [1.54, 1.807) is 4.57 Å². The first-order valence-corrected chi connectivity index (χ1v) is 12.0. The number of nitrogens with zero attached hydrogens (tertiary/aromatic N) is 3. The first-order valence-electron chi connectivity index (χ1n) is 11.1. The largest absolute Gasteiger partial charge is 0.330 e. The molecule has 0 radical (unpaired) electrons. The molecule has 1 aromatic carbocycles. The van der Waals surface area contributed by atoms with Crippen LogP contribution in [0, 0.1) is 27.7 Å². The van der Waals surface area contributed by atoms with Crippen LogP contribution in [0.3, 0.4) is 0 Å². The Kier molecular flexibility index (Phi) is 5.08. The van der Waals surface area contributed by atoms with Gasteiger partial charge in [0.15, 0.2) is 11.4 Å². The highest BCUT2D eigenvalue weighted by molar-refractivity contribution is 8.00. The van der Waals surface area contributed by atoms with Crippen molar-refractivity contribution in [3.63, 3.8) is 0 Å². The van der Waals surface area contributed by atoms with Gasteiger partial charge in [-0.1, -0.05) is 17.8 Å². The Morgan fingerprint density at radius 1 is 1.06 bits per heavy atom. The Labute approximate surface area is 189 Å². The number of benzene rings is 1. The summed E-state index contributed by atoms with van der Waals surface area (Å²) in [7, 11) is 0. The van der Waals surface area contributed by atoms with E-state index in [4.69, 9.17) is 0 Å². The lowest BCUT2D eigenvalue weighted by Crippen LogP contribution is -2.31. The molecule has 5 rings (SSSR count). The number of carbonyl (C=O) groups excluding carboxylic acids is 1. The number of fused-ring (bicyclic) bond motifs is 1. The molecule has 166 valence electrons. The van der Waals surface area contributed by atoms with Gasteiger partial charge in [0.2, 0.25) is 0 Å². The summed E-state index contributed by atoms with van der Waals surface area (Å²) >= 11 is 1.27. The van der Waals surface area contributed by atoms with E-state index >= 15 is 0 Å². The van der Waals surface area contributed by atoms with Crippen LogP contribution in [0.1, 0.15) is 76.1 Å². The molecule has 0 atom stereocenters. The van der Waals surface area contributed by atoms with E-state index in [0.29, 0.717) is 21.9 Å². The molecule has 0 aliphatic heterocycles. The number of hydrogen-bond donors (Lipinski definition) is 1. The Hall–Kier alpha value is -2.74. The molecule has 2 aliphatic carbocycles. The van der Waals surface area contributed by atoms with E-state index < -0.39 is 11.2 Å². The van der Waals surface area contributed by atoms with Crippen LogP contribution in [0.25, 0.3) is 11.0 Å². The number of carbonyl (C=O) groups is 1. The van der Waals surface area contributed by atoms with Crippen LogP contribution in [0.4, 0.5) is 0 Å². The molecule has 7 nitrogen and oxygen atoms in total. The smallest absolute Gasteiger partial charge is 0.293 e. The van der Waals surface area contributed by atoms with E-state index in [2.05, 4.69) is 21.0 Å². The number of hydrogen-bond acceptors (Lipinski definition) is 6. The third-order valence-corrected chi connectivity index (χ3v) is 7.58. The summed E-state index contributed by atoms with van der Waals surface area (Å²) in [6.45, 7) is 7.98. The van der Waals surface area contributed by atoms with Gasteiger partial charge in [-0.05, 0) is 75.6 Å². The Balaban J connectivity index is 1.58. The van der Waals surface area contributed by atoms with Crippen molar-refractivity contribution in [2.24, 2.45) is 0 Å². The molecule has 1 N–H and O–H groups in total. The van der Waals surface area contributed by atoms with Crippen molar-refractivity contribution in [3.8, 4) is 0 Å². The molecule has 2 aliphatic rings. The van der Waals surface area contributed by atoms with Gasteiger partial charge in [0.05, 0.1) is 5.75 Å². The van der Waals surface area contributed by atoms with Crippen LogP contribution in [0.15, 0.2) is 20.7 Å². The Morgan fingerprint density at radius 3 is 2.31 bits per heavy atom. The highest BCUT2D eigenvalue weighted by Gasteiger charge is 2.32. The summed E-state index contributed by atoms with van der Waals surface area (Å²) in [4.78, 5) is 50.3. The molecule has 0 bridgehead atoms. The number of H-pyrrole nitrogens is 1. The van der Waals surface area contributed by atoms with Crippen LogP contribution < -0.4 is 11.2 Å². The van der Waals surface area contributed by atoms with Gasteiger partial charge in [-0.15, -0.1) is 0 Å². The average Bonchev–Trinajstić information content (AvgIpc) is 3.63. The van der Waals surface area contributed by atoms with Crippen molar-refractivity contribution >= 4 is 28.6 Å². The molecule has 8 heteroatoms. The Morgan fingerprint density at radius 2 is 1.72 bits per heavy atom. The summed E-state index contributed by atoms with van der Waals surface area (Å²) in [5, 5.41) is 0.799. The molecule has 0 unspecified atom stereocenters. The van der Waals surface area contributed by atoms with Crippen LogP contribution >= 0.6 is 11.8 Å². The standard InChI is InChI=1S/C24H26N4O3S/c1-11-9-12(2)14(4)18(13(11)3)17(29)10-32-23-19-21(25-20(26-23)15-5-6-15)28(16-7-8-16)24(31)27-22(19)30/h9,15-16H,5-8,10H2,1-4H3,(H,27,30,31). The second-order valence-corrected chi connectivity index (χ2v) is 10.0. The molecule has 0 spiro atoms. The predicted molar refractivity (Wildman–Crippen MR) is 125 cm³/mol.